The molecule has 22 heavy (non-hydrogen) atoms. The van der Waals surface area contributed by atoms with Crippen molar-refractivity contribution in [2.24, 2.45) is 0 Å². The summed E-state index contributed by atoms with van der Waals surface area (Å²) in [5.74, 6) is -0.521. The molecule has 4 rings (SSSR count). The summed E-state index contributed by atoms with van der Waals surface area (Å²) < 4.78 is 1.32. The van der Waals surface area contributed by atoms with Crippen LogP contribution in [0.3, 0.4) is 0 Å². The molecular formula is C17H14N2O3. The van der Waals surface area contributed by atoms with Crippen LogP contribution in [0.15, 0.2) is 41.3 Å². The van der Waals surface area contributed by atoms with Crippen molar-refractivity contribution in [2.45, 2.75) is 25.2 Å². The molecule has 0 unspecified atom stereocenters. The third-order valence-electron chi connectivity index (χ3n) is 4.46. The van der Waals surface area contributed by atoms with Crippen LogP contribution in [-0.2, 0) is 0 Å². The van der Waals surface area contributed by atoms with Gasteiger partial charge in [-0.05, 0) is 48.6 Å². The van der Waals surface area contributed by atoms with Crippen LogP contribution in [0.1, 0.15) is 41.1 Å². The van der Waals surface area contributed by atoms with Gasteiger partial charge in [0.25, 0.3) is 5.56 Å². The molecule has 0 atom stereocenters. The average molecular weight is 294 g/mol. The number of carboxylic acids is 1. The predicted molar refractivity (Wildman–Crippen MR) is 82.5 cm³/mol. The van der Waals surface area contributed by atoms with E-state index in [1.165, 1.54) is 28.6 Å². The quantitative estimate of drug-likeness (QED) is 0.738. The standard InChI is InChI=1S/C17H14N2O3/c20-16-13-8-11(10-2-1-3-10)4-6-14(13)18-15-7-5-12(17(21)22)9-19(15)16/h4-10H,1-3H2,(H,21,22). The molecule has 0 radical (unpaired) electrons. The minimum absolute atomic E-state index is 0.0749. The first kappa shape index (κ1) is 13.0. The van der Waals surface area contributed by atoms with Crippen LogP contribution in [0.4, 0.5) is 0 Å². The zero-order valence-electron chi connectivity index (χ0n) is 11.8. The van der Waals surface area contributed by atoms with Crippen molar-refractivity contribution in [3.63, 3.8) is 0 Å². The minimum atomic E-state index is -1.06. The van der Waals surface area contributed by atoms with Gasteiger partial charge in [-0.15, -0.1) is 0 Å². The van der Waals surface area contributed by atoms with Gasteiger partial charge in [0.15, 0.2) is 0 Å². The van der Waals surface area contributed by atoms with Crippen molar-refractivity contribution < 1.29 is 9.90 Å². The van der Waals surface area contributed by atoms with Crippen LogP contribution in [0.5, 0.6) is 0 Å². The monoisotopic (exact) mass is 294 g/mol. The molecule has 2 heterocycles. The first-order chi connectivity index (χ1) is 10.6. The van der Waals surface area contributed by atoms with E-state index in [2.05, 4.69) is 4.98 Å². The van der Waals surface area contributed by atoms with Gasteiger partial charge in [0.2, 0.25) is 0 Å². The summed E-state index contributed by atoms with van der Waals surface area (Å²) in [6, 6.07) is 8.85. The lowest BCUT2D eigenvalue weighted by Gasteiger charge is -2.25. The Kier molecular flexibility index (Phi) is 2.76. The van der Waals surface area contributed by atoms with Gasteiger partial charge in [-0.25, -0.2) is 9.78 Å². The highest BCUT2D eigenvalue weighted by molar-refractivity contribution is 5.88. The molecule has 0 saturated heterocycles. The summed E-state index contributed by atoms with van der Waals surface area (Å²) >= 11 is 0. The smallest absolute Gasteiger partial charge is 0.337 e. The highest BCUT2D eigenvalue weighted by Crippen LogP contribution is 2.36. The minimum Gasteiger partial charge on any atom is -0.478 e. The van der Waals surface area contributed by atoms with Gasteiger partial charge < -0.3 is 5.11 Å². The second-order valence-electron chi connectivity index (χ2n) is 5.77. The Labute approximate surface area is 125 Å². The van der Waals surface area contributed by atoms with Crippen LogP contribution in [-0.4, -0.2) is 20.5 Å². The molecule has 1 aromatic carbocycles. The van der Waals surface area contributed by atoms with Gasteiger partial charge >= 0.3 is 5.97 Å². The van der Waals surface area contributed by atoms with Gasteiger partial charge in [-0.3, -0.25) is 9.20 Å². The molecule has 1 saturated carbocycles. The highest BCUT2D eigenvalue weighted by atomic mass is 16.4. The third kappa shape index (κ3) is 1.89. The molecule has 1 aliphatic carbocycles. The summed E-state index contributed by atoms with van der Waals surface area (Å²) in [7, 11) is 0. The summed E-state index contributed by atoms with van der Waals surface area (Å²) in [5, 5.41) is 9.61. The fraction of sp³-hybridized carbons (Fsp3) is 0.235. The van der Waals surface area contributed by atoms with Crippen molar-refractivity contribution in [3.05, 3.63) is 58.0 Å². The van der Waals surface area contributed by atoms with Crippen LogP contribution < -0.4 is 5.56 Å². The number of benzene rings is 1. The fourth-order valence-corrected chi connectivity index (χ4v) is 2.94. The molecule has 2 aromatic heterocycles. The lowest BCUT2D eigenvalue weighted by molar-refractivity contribution is 0.0696. The second-order valence-corrected chi connectivity index (χ2v) is 5.77. The Hall–Kier alpha value is -2.69. The highest BCUT2D eigenvalue weighted by Gasteiger charge is 2.20. The van der Waals surface area contributed by atoms with E-state index in [1.807, 2.05) is 18.2 Å². The summed E-state index contributed by atoms with van der Waals surface area (Å²) in [6.45, 7) is 0. The van der Waals surface area contributed by atoms with Gasteiger partial charge in [-0.1, -0.05) is 12.5 Å². The summed E-state index contributed by atoms with van der Waals surface area (Å²) in [6.07, 6.45) is 4.90. The molecule has 1 fully saturated rings. The summed E-state index contributed by atoms with van der Waals surface area (Å²) in [4.78, 5) is 28.2. The van der Waals surface area contributed by atoms with Gasteiger partial charge in [-0.2, -0.15) is 0 Å². The molecule has 1 aliphatic rings. The molecule has 0 aliphatic heterocycles. The van der Waals surface area contributed by atoms with Gasteiger partial charge in [0, 0.05) is 6.20 Å². The van der Waals surface area contributed by atoms with E-state index in [4.69, 9.17) is 5.11 Å². The molecule has 0 spiro atoms. The predicted octanol–water partition coefficient (Wildman–Crippen LogP) is 2.81. The number of carboxylic acid groups (broad SMARTS) is 1. The van der Waals surface area contributed by atoms with Crippen molar-refractivity contribution in [2.75, 3.05) is 0 Å². The Morgan fingerprint density at radius 2 is 2.05 bits per heavy atom. The molecular weight excluding hydrogens is 280 g/mol. The van der Waals surface area contributed by atoms with E-state index in [-0.39, 0.29) is 11.1 Å². The number of carbonyl (C=O) groups is 1. The molecule has 0 amide bonds. The lowest BCUT2D eigenvalue weighted by Crippen LogP contribution is -2.17. The van der Waals surface area contributed by atoms with Gasteiger partial charge in [0.1, 0.15) is 5.65 Å². The van der Waals surface area contributed by atoms with E-state index in [0.29, 0.717) is 22.5 Å². The van der Waals surface area contributed by atoms with E-state index in [9.17, 15) is 9.59 Å². The molecule has 110 valence electrons. The maximum Gasteiger partial charge on any atom is 0.337 e. The lowest BCUT2D eigenvalue weighted by atomic mass is 9.80. The Balaban J connectivity index is 2.00. The van der Waals surface area contributed by atoms with Crippen LogP contribution >= 0.6 is 0 Å². The number of nitrogens with zero attached hydrogens (tertiary/aromatic N) is 2. The molecule has 0 bridgehead atoms. The molecule has 5 heteroatoms. The maximum absolute atomic E-state index is 12.7. The molecule has 5 nitrogen and oxygen atoms in total. The largest absolute Gasteiger partial charge is 0.478 e. The number of fused-ring (bicyclic) bond motifs is 2. The Bertz CT molecular complexity index is 971. The number of hydrogen-bond donors (Lipinski definition) is 1. The second kappa shape index (κ2) is 4.66. The van der Waals surface area contributed by atoms with Crippen molar-refractivity contribution in [3.8, 4) is 0 Å². The Morgan fingerprint density at radius 3 is 2.73 bits per heavy atom. The van der Waals surface area contributed by atoms with Crippen molar-refractivity contribution >= 4 is 22.5 Å². The van der Waals surface area contributed by atoms with Crippen LogP contribution in [0.2, 0.25) is 0 Å². The SMILES string of the molecule is O=C(O)c1ccc2nc3ccc(C4CCC4)cc3c(=O)n2c1. The van der Waals surface area contributed by atoms with Crippen LogP contribution in [0, 0.1) is 0 Å². The van der Waals surface area contributed by atoms with E-state index in [0.717, 1.165) is 12.8 Å². The van der Waals surface area contributed by atoms with Crippen LogP contribution in [0.25, 0.3) is 16.6 Å². The third-order valence-corrected chi connectivity index (χ3v) is 4.46. The normalized spacial score (nSPS) is 15.1. The van der Waals surface area contributed by atoms with Gasteiger partial charge in [0.05, 0.1) is 16.5 Å². The molecule has 1 N–H and O–H groups in total. The first-order valence-electron chi connectivity index (χ1n) is 7.33. The Morgan fingerprint density at radius 1 is 1.23 bits per heavy atom. The number of hydrogen-bond acceptors (Lipinski definition) is 3. The number of pyridine rings is 1. The zero-order chi connectivity index (χ0) is 15.3. The van der Waals surface area contributed by atoms with E-state index in [1.54, 1.807) is 6.07 Å². The zero-order valence-corrected chi connectivity index (χ0v) is 11.8. The van der Waals surface area contributed by atoms with Crippen molar-refractivity contribution in [1.82, 2.24) is 9.38 Å². The maximum atomic E-state index is 12.7. The summed E-state index contributed by atoms with van der Waals surface area (Å²) in [5.41, 5.74) is 2.14. The average Bonchev–Trinajstić information content (AvgIpc) is 2.46. The van der Waals surface area contributed by atoms with E-state index >= 15 is 0 Å². The molecule has 3 aromatic rings. The number of aromatic nitrogens is 2. The topological polar surface area (TPSA) is 71.7 Å². The number of rotatable bonds is 2. The van der Waals surface area contributed by atoms with E-state index < -0.39 is 5.97 Å². The number of aromatic carboxylic acids is 1. The first-order valence-corrected chi connectivity index (χ1v) is 7.33. The fourth-order valence-electron chi connectivity index (χ4n) is 2.94. The van der Waals surface area contributed by atoms with Crippen molar-refractivity contribution in [1.29, 1.82) is 0 Å².